The minimum Gasteiger partial charge on any atom is -0.378 e. The molecule has 34 heavy (non-hydrogen) atoms. The number of hydrogen-bond acceptors (Lipinski definition) is 8. The highest BCUT2D eigenvalue weighted by Crippen LogP contribution is 2.29. The summed E-state index contributed by atoms with van der Waals surface area (Å²) < 4.78 is 9.66. The van der Waals surface area contributed by atoms with Gasteiger partial charge in [-0.3, -0.25) is 14.6 Å². The van der Waals surface area contributed by atoms with E-state index in [9.17, 15) is 9.59 Å². The zero-order valence-corrected chi connectivity index (χ0v) is 19.3. The number of benzene rings is 2. The van der Waals surface area contributed by atoms with Crippen LogP contribution in [-0.4, -0.2) is 57.4 Å². The van der Waals surface area contributed by atoms with E-state index in [-0.39, 0.29) is 11.8 Å². The van der Waals surface area contributed by atoms with Crippen LogP contribution in [0.4, 0.5) is 16.5 Å². The normalized spacial score (nSPS) is 13.6. The van der Waals surface area contributed by atoms with Crippen molar-refractivity contribution in [3.05, 3.63) is 71.5 Å². The molecule has 0 atom stereocenters. The predicted octanol–water partition coefficient (Wildman–Crippen LogP) is 3.86. The van der Waals surface area contributed by atoms with Crippen molar-refractivity contribution in [2.45, 2.75) is 6.92 Å². The molecule has 0 saturated carbocycles. The molecule has 2 amide bonds. The van der Waals surface area contributed by atoms with E-state index in [0.29, 0.717) is 59.6 Å². The lowest BCUT2D eigenvalue weighted by Gasteiger charge is -2.27. The lowest BCUT2D eigenvalue weighted by Crippen LogP contribution is -2.40. The van der Waals surface area contributed by atoms with Crippen LogP contribution in [0.15, 0.2) is 54.7 Å². The highest BCUT2D eigenvalue weighted by Gasteiger charge is 2.21. The molecule has 2 aromatic heterocycles. The average molecular weight is 475 g/mol. The molecular formula is C24H22N6O3S. The number of nitrogens with zero attached hydrogens (tertiary/aromatic N) is 4. The molecule has 0 radical (unpaired) electrons. The van der Waals surface area contributed by atoms with Crippen LogP contribution in [0.2, 0.25) is 0 Å². The van der Waals surface area contributed by atoms with E-state index in [1.54, 1.807) is 42.3 Å². The summed E-state index contributed by atoms with van der Waals surface area (Å²) in [5.41, 5.74) is 3.61. The molecule has 0 bridgehead atoms. The number of morpholine rings is 1. The molecule has 1 saturated heterocycles. The molecule has 5 rings (SSSR count). The average Bonchev–Trinajstić information content (AvgIpc) is 3.24. The smallest absolute Gasteiger partial charge is 0.260 e. The molecule has 2 N–H and O–H groups in total. The summed E-state index contributed by atoms with van der Waals surface area (Å²) >= 11 is 1.18. The first-order valence-corrected chi connectivity index (χ1v) is 11.6. The SMILES string of the molecule is Cc1nsc(Nc2cnc3ccccc3n2)c1C(=O)Nc1cccc(C(=O)N2CCOCC2)c1. The van der Waals surface area contributed by atoms with E-state index in [4.69, 9.17) is 4.74 Å². The van der Waals surface area contributed by atoms with Gasteiger partial charge in [0.15, 0.2) is 0 Å². The molecule has 0 spiro atoms. The lowest BCUT2D eigenvalue weighted by atomic mass is 10.1. The fraction of sp³-hybridized carbons (Fsp3) is 0.208. The summed E-state index contributed by atoms with van der Waals surface area (Å²) in [7, 11) is 0. The maximum Gasteiger partial charge on any atom is 0.260 e. The highest BCUT2D eigenvalue weighted by molar-refractivity contribution is 7.10. The van der Waals surface area contributed by atoms with E-state index >= 15 is 0 Å². The minimum absolute atomic E-state index is 0.0787. The number of anilines is 3. The second-order valence-electron chi connectivity index (χ2n) is 7.78. The van der Waals surface area contributed by atoms with Crippen LogP contribution in [0, 0.1) is 6.92 Å². The van der Waals surface area contributed by atoms with Gasteiger partial charge in [-0.2, -0.15) is 4.37 Å². The van der Waals surface area contributed by atoms with Crippen molar-refractivity contribution < 1.29 is 14.3 Å². The Bertz CT molecular complexity index is 1370. The third-order valence-corrected chi connectivity index (χ3v) is 6.30. The van der Waals surface area contributed by atoms with Crippen molar-refractivity contribution in [2.24, 2.45) is 0 Å². The second kappa shape index (κ2) is 9.54. The van der Waals surface area contributed by atoms with Gasteiger partial charge in [0.1, 0.15) is 10.8 Å². The number of rotatable bonds is 5. The molecule has 1 fully saturated rings. The van der Waals surface area contributed by atoms with Crippen molar-refractivity contribution in [2.75, 3.05) is 36.9 Å². The molecule has 172 valence electrons. The van der Waals surface area contributed by atoms with Crippen LogP contribution in [-0.2, 0) is 4.74 Å². The number of carbonyl (C=O) groups excluding carboxylic acids is 2. The summed E-state index contributed by atoms with van der Waals surface area (Å²) in [6, 6.07) is 14.5. The summed E-state index contributed by atoms with van der Waals surface area (Å²) in [5, 5.41) is 6.64. The monoisotopic (exact) mass is 474 g/mol. The number of para-hydroxylation sites is 2. The molecule has 1 aliphatic heterocycles. The first-order chi connectivity index (χ1) is 16.6. The number of carbonyl (C=O) groups is 2. The summed E-state index contributed by atoms with van der Waals surface area (Å²) in [6.07, 6.45) is 1.62. The van der Waals surface area contributed by atoms with Crippen LogP contribution < -0.4 is 10.6 Å². The number of hydrogen-bond donors (Lipinski definition) is 2. The second-order valence-corrected chi connectivity index (χ2v) is 8.55. The Morgan fingerprint density at radius 1 is 1.06 bits per heavy atom. The van der Waals surface area contributed by atoms with Gasteiger partial charge in [-0.25, -0.2) is 4.98 Å². The van der Waals surface area contributed by atoms with Crippen molar-refractivity contribution >= 4 is 50.9 Å². The molecule has 4 aromatic rings. The third-order valence-electron chi connectivity index (χ3n) is 5.45. The van der Waals surface area contributed by atoms with Crippen molar-refractivity contribution in [1.29, 1.82) is 0 Å². The van der Waals surface area contributed by atoms with Gasteiger partial charge in [-0.15, -0.1) is 0 Å². The summed E-state index contributed by atoms with van der Waals surface area (Å²) in [4.78, 5) is 36.7. The van der Waals surface area contributed by atoms with Gasteiger partial charge in [0.05, 0.1) is 41.7 Å². The Labute approximate surface area is 200 Å². The Kier molecular flexibility index (Phi) is 6.15. The molecule has 1 aliphatic rings. The van der Waals surface area contributed by atoms with Crippen LogP contribution in [0.25, 0.3) is 11.0 Å². The van der Waals surface area contributed by atoms with E-state index in [1.807, 2.05) is 24.3 Å². The van der Waals surface area contributed by atoms with Gasteiger partial charge in [0, 0.05) is 24.3 Å². The van der Waals surface area contributed by atoms with Crippen molar-refractivity contribution in [3.8, 4) is 0 Å². The highest BCUT2D eigenvalue weighted by atomic mass is 32.1. The Hall–Kier alpha value is -3.89. The fourth-order valence-corrected chi connectivity index (χ4v) is 4.53. The van der Waals surface area contributed by atoms with Crippen molar-refractivity contribution in [1.82, 2.24) is 19.2 Å². The van der Waals surface area contributed by atoms with Crippen molar-refractivity contribution in [3.63, 3.8) is 0 Å². The molecule has 2 aromatic carbocycles. The third kappa shape index (κ3) is 4.59. The summed E-state index contributed by atoms with van der Waals surface area (Å²) in [6.45, 7) is 3.96. The fourth-order valence-electron chi connectivity index (χ4n) is 3.73. The van der Waals surface area contributed by atoms with Gasteiger partial charge in [-0.05, 0) is 48.8 Å². The molecule has 0 aliphatic carbocycles. The van der Waals surface area contributed by atoms with Crippen LogP contribution >= 0.6 is 11.5 Å². The quantitative estimate of drug-likeness (QED) is 0.452. The Morgan fingerprint density at radius 2 is 1.85 bits per heavy atom. The van der Waals surface area contributed by atoms with Crippen LogP contribution in [0.3, 0.4) is 0 Å². The first-order valence-electron chi connectivity index (χ1n) is 10.8. The molecule has 9 nitrogen and oxygen atoms in total. The van der Waals surface area contributed by atoms with Gasteiger partial charge in [0.2, 0.25) is 0 Å². The topological polar surface area (TPSA) is 109 Å². The number of fused-ring (bicyclic) bond motifs is 1. The predicted molar refractivity (Wildman–Crippen MR) is 131 cm³/mol. The van der Waals surface area contributed by atoms with Crippen LogP contribution in [0.5, 0.6) is 0 Å². The van der Waals surface area contributed by atoms with Gasteiger partial charge >= 0.3 is 0 Å². The van der Waals surface area contributed by atoms with E-state index in [1.165, 1.54) is 11.5 Å². The van der Waals surface area contributed by atoms with Gasteiger partial charge in [-0.1, -0.05) is 18.2 Å². The summed E-state index contributed by atoms with van der Waals surface area (Å²) in [5.74, 6) is 0.123. The number of amides is 2. The maximum atomic E-state index is 13.2. The molecule has 10 heteroatoms. The number of nitrogens with one attached hydrogen (secondary N) is 2. The van der Waals surface area contributed by atoms with Gasteiger partial charge in [0.25, 0.3) is 11.8 Å². The Morgan fingerprint density at radius 3 is 2.68 bits per heavy atom. The maximum absolute atomic E-state index is 13.2. The van der Waals surface area contributed by atoms with E-state index in [2.05, 4.69) is 25.0 Å². The van der Waals surface area contributed by atoms with Gasteiger partial charge < -0.3 is 20.3 Å². The van der Waals surface area contributed by atoms with Crippen LogP contribution in [0.1, 0.15) is 26.4 Å². The van der Waals surface area contributed by atoms with E-state index < -0.39 is 0 Å². The molecule has 3 heterocycles. The molecular weight excluding hydrogens is 452 g/mol. The zero-order valence-electron chi connectivity index (χ0n) is 18.4. The number of aromatic nitrogens is 3. The molecule has 0 unspecified atom stereocenters. The largest absolute Gasteiger partial charge is 0.378 e. The first kappa shape index (κ1) is 21.9. The van der Waals surface area contributed by atoms with E-state index in [0.717, 1.165) is 11.0 Å². The Balaban J connectivity index is 1.34. The lowest BCUT2D eigenvalue weighted by molar-refractivity contribution is 0.0303. The number of ether oxygens (including phenoxy) is 1. The standard InChI is InChI=1S/C24H22N6O3S/c1-15-21(23(34-29-15)28-20-14-25-18-7-2-3-8-19(18)27-20)22(31)26-17-6-4-5-16(13-17)24(32)30-9-11-33-12-10-30/h2-8,13-14H,9-12H2,1H3,(H,26,31)(H,27,28). The zero-order chi connectivity index (χ0) is 23.5. The minimum atomic E-state index is -0.321. The number of aryl methyl sites for hydroxylation is 1.